The highest BCUT2D eigenvalue weighted by Crippen LogP contribution is 2.43. The highest BCUT2D eigenvalue weighted by Gasteiger charge is 2.38. The molecule has 1 aromatic heterocycles. The lowest BCUT2D eigenvalue weighted by Crippen LogP contribution is -2.32. The van der Waals surface area contributed by atoms with Crippen LogP contribution in [-0.2, 0) is 0 Å². The van der Waals surface area contributed by atoms with Gasteiger partial charge in [-0.1, -0.05) is 22.5 Å². The molecule has 0 radical (unpaired) electrons. The average molecular weight is 361 g/mol. The van der Waals surface area contributed by atoms with Crippen LogP contribution >= 0.6 is 27.7 Å². The number of nitrogens with zero attached hydrogens (tertiary/aromatic N) is 1. The SMILES string of the molecule is C=C1[C@H](O)[C@@H](CO)S[C@@H]1n1cc(/C=C/Br)c(=O)[nH]c1=O. The molecule has 1 fully saturated rings. The summed E-state index contributed by atoms with van der Waals surface area (Å²) in [6, 6.07) is 0. The van der Waals surface area contributed by atoms with Crippen LogP contribution in [0.2, 0.25) is 0 Å². The second kappa shape index (κ2) is 6.13. The van der Waals surface area contributed by atoms with E-state index in [1.165, 1.54) is 33.6 Å². The summed E-state index contributed by atoms with van der Waals surface area (Å²) >= 11 is 4.30. The van der Waals surface area contributed by atoms with Crippen molar-refractivity contribution in [2.75, 3.05) is 6.61 Å². The van der Waals surface area contributed by atoms with Gasteiger partial charge in [0.1, 0.15) is 5.37 Å². The van der Waals surface area contributed by atoms with Gasteiger partial charge in [-0.15, -0.1) is 11.8 Å². The fourth-order valence-electron chi connectivity index (χ4n) is 1.96. The minimum atomic E-state index is -0.885. The third-order valence-corrected chi connectivity index (χ3v) is 4.83. The van der Waals surface area contributed by atoms with Crippen LogP contribution in [-0.4, -0.2) is 37.7 Å². The van der Waals surface area contributed by atoms with Crippen LogP contribution in [0.1, 0.15) is 10.9 Å². The zero-order chi connectivity index (χ0) is 14.9. The van der Waals surface area contributed by atoms with Crippen LogP contribution in [0.5, 0.6) is 0 Å². The summed E-state index contributed by atoms with van der Waals surface area (Å²) in [6.07, 6.45) is 2.04. The third-order valence-electron chi connectivity index (χ3n) is 3.02. The number of hydrogen-bond donors (Lipinski definition) is 3. The highest BCUT2D eigenvalue weighted by atomic mass is 79.9. The Kier molecular flexibility index (Phi) is 4.69. The van der Waals surface area contributed by atoms with E-state index >= 15 is 0 Å². The van der Waals surface area contributed by atoms with Crippen molar-refractivity contribution < 1.29 is 10.2 Å². The number of aliphatic hydroxyl groups is 2. The van der Waals surface area contributed by atoms with Crippen molar-refractivity contribution >= 4 is 33.8 Å². The van der Waals surface area contributed by atoms with Crippen LogP contribution in [0.15, 0.2) is 32.9 Å². The van der Waals surface area contributed by atoms with Gasteiger partial charge in [0.15, 0.2) is 0 Å². The van der Waals surface area contributed by atoms with Gasteiger partial charge in [0.05, 0.1) is 23.5 Å². The molecule has 0 aliphatic carbocycles. The number of aromatic amines is 1. The van der Waals surface area contributed by atoms with E-state index in [1.807, 2.05) is 0 Å². The summed E-state index contributed by atoms with van der Waals surface area (Å²) in [6.45, 7) is 3.55. The number of aliphatic hydroxyl groups excluding tert-OH is 2. The van der Waals surface area contributed by atoms with Crippen LogP contribution in [0, 0.1) is 0 Å². The van der Waals surface area contributed by atoms with Crippen LogP contribution in [0.25, 0.3) is 6.08 Å². The Labute approximate surface area is 127 Å². The zero-order valence-corrected chi connectivity index (χ0v) is 12.7. The van der Waals surface area contributed by atoms with Gasteiger partial charge < -0.3 is 10.2 Å². The highest BCUT2D eigenvalue weighted by molar-refractivity contribution is 9.11. The van der Waals surface area contributed by atoms with E-state index < -0.39 is 28.0 Å². The molecule has 0 saturated carbocycles. The summed E-state index contributed by atoms with van der Waals surface area (Å²) in [5, 5.41) is 18.2. The predicted molar refractivity (Wildman–Crippen MR) is 81.9 cm³/mol. The van der Waals surface area contributed by atoms with Crippen molar-refractivity contribution in [2.45, 2.75) is 16.7 Å². The van der Waals surface area contributed by atoms with Gasteiger partial charge in [-0.2, -0.15) is 0 Å². The Morgan fingerprint density at radius 2 is 2.25 bits per heavy atom. The number of aromatic nitrogens is 2. The Morgan fingerprint density at radius 1 is 1.55 bits per heavy atom. The van der Waals surface area contributed by atoms with Gasteiger partial charge in [0.25, 0.3) is 5.56 Å². The topological polar surface area (TPSA) is 95.3 Å². The monoisotopic (exact) mass is 360 g/mol. The molecule has 0 amide bonds. The zero-order valence-electron chi connectivity index (χ0n) is 10.3. The lowest BCUT2D eigenvalue weighted by molar-refractivity contribution is 0.172. The molecule has 2 heterocycles. The van der Waals surface area contributed by atoms with Gasteiger partial charge >= 0.3 is 5.69 Å². The molecule has 0 spiro atoms. The van der Waals surface area contributed by atoms with Crippen molar-refractivity contribution in [2.24, 2.45) is 0 Å². The van der Waals surface area contributed by atoms with Gasteiger partial charge in [-0.05, 0) is 16.6 Å². The maximum absolute atomic E-state index is 11.9. The molecule has 3 atom stereocenters. The lowest BCUT2D eigenvalue weighted by Gasteiger charge is -2.14. The minimum absolute atomic E-state index is 0.215. The molecule has 0 aromatic carbocycles. The fraction of sp³-hybridized carbons (Fsp3) is 0.333. The van der Waals surface area contributed by atoms with Crippen molar-refractivity contribution in [1.29, 1.82) is 0 Å². The van der Waals surface area contributed by atoms with Gasteiger partial charge in [0, 0.05) is 6.20 Å². The number of hydrogen-bond acceptors (Lipinski definition) is 5. The Hall–Kier alpha value is -1.09. The molecule has 1 saturated heterocycles. The first-order valence-corrected chi connectivity index (χ1v) is 7.60. The summed E-state index contributed by atoms with van der Waals surface area (Å²) in [4.78, 5) is 27.2. The molecule has 20 heavy (non-hydrogen) atoms. The molecular weight excluding hydrogens is 348 g/mol. The standard InChI is InChI=1S/C12H13BrN2O4S/c1-6-9(17)8(5-16)20-11(6)15-4-7(2-3-13)10(18)14-12(15)19/h2-4,8-9,11,16-17H,1,5H2,(H,14,18,19)/b3-2+/t8-,9+,11+/m1/s1. The Balaban J connectivity index is 2.48. The Bertz CT molecular complexity index is 666. The molecule has 108 valence electrons. The maximum Gasteiger partial charge on any atom is 0.329 e. The summed E-state index contributed by atoms with van der Waals surface area (Å²) in [7, 11) is 0. The van der Waals surface area contributed by atoms with Crippen molar-refractivity contribution in [1.82, 2.24) is 9.55 Å². The van der Waals surface area contributed by atoms with Gasteiger partial charge in [-0.25, -0.2) is 4.79 Å². The van der Waals surface area contributed by atoms with E-state index in [9.17, 15) is 19.8 Å². The van der Waals surface area contributed by atoms with Crippen LogP contribution in [0.4, 0.5) is 0 Å². The molecule has 1 aromatic rings. The molecular formula is C12H13BrN2O4S. The number of rotatable bonds is 3. The molecule has 3 N–H and O–H groups in total. The molecule has 6 nitrogen and oxygen atoms in total. The predicted octanol–water partition coefficient (Wildman–Crippen LogP) is 0.426. The first-order chi connectivity index (χ1) is 9.49. The number of nitrogens with one attached hydrogen (secondary N) is 1. The van der Waals surface area contributed by atoms with Crippen molar-refractivity contribution in [3.05, 3.63) is 49.7 Å². The largest absolute Gasteiger partial charge is 0.395 e. The second-order valence-corrected chi connectivity index (χ2v) is 6.13. The lowest BCUT2D eigenvalue weighted by atomic mass is 10.1. The third kappa shape index (κ3) is 2.69. The van der Waals surface area contributed by atoms with E-state index in [1.54, 1.807) is 0 Å². The van der Waals surface area contributed by atoms with Crippen molar-refractivity contribution in [3.8, 4) is 0 Å². The minimum Gasteiger partial charge on any atom is -0.395 e. The summed E-state index contributed by atoms with van der Waals surface area (Å²) < 4.78 is 1.30. The Morgan fingerprint density at radius 3 is 2.80 bits per heavy atom. The van der Waals surface area contributed by atoms with E-state index in [2.05, 4.69) is 27.5 Å². The van der Waals surface area contributed by atoms with E-state index in [0.29, 0.717) is 11.1 Å². The van der Waals surface area contributed by atoms with Crippen molar-refractivity contribution in [3.63, 3.8) is 0 Å². The number of H-pyrrole nitrogens is 1. The summed E-state index contributed by atoms with van der Waals surface area (Å²) in [5.41, 5.74) is -0.338. The van der Waals surface area contributed by atoms with Crippen LogP contribution < -0.4 is 11.2 Å². The molecule has 0 bridgehead atoms. The smallest absolute Gasteiger partial charge is 0.329 e. The quantitative estimate of drug-likeness (QED) is 0.679. The van der Waals surface area contributed by atoms with Gasteiger partial charge in [0.2, 0.25) is 0 Å². The molecule has 2 rings (SSSR count). The van der Waals surface area contributed by atoms with E-state index in [4.69, 9.17) is 0 Å². The number of thioether (sulfide) groups is 1. The van der Waals surface area contributed by atoms with E-state index in [-0.39, 0.29) is 6.61 Å². The molecule has 1 aliphatic heterocycles. The van der Waals surface area contributed by atoms with Gasteiger partial charge in [-0.3, -0.25) is 14.3 Å². The second-order valence-electron chi connectivity index (χ2n) is 4.27. The normalized spacial score (nSPS) is 26.6. The molecule has 0 unspecified atom stereocenters. The number of halogens is 1. The average Bonchev–Trinajstić information content (AvgIpc) is 2.70. The molecule has 1 aliphatic rings. The fourth-order valence-corrected chi connectivity index (χ4v) is 3.59. The summed E-state index contributed by atoms with van der Waals surface area (Å²) in [5.74, 6) is 0. The van der Waals surface area contributed by atoms with Crippen LogP contribution in [0.3, 0.4) is 0 Å². The van der Waals surface area contributed by atoms with E-state index in [0.717, 1.165) is 0 Å². The first kappa shape index (κ1) is 15.3. The molecule has 8 heteroatoms. The maximum atomic E-state index is 11.9. The first-order valence-electron chi connectivity index (χ1n) is 5.75.